The van der Waals surface area contributed by atoms with E-state index in [1.807, 2.05) is 37.9 Å². The van der Waals surface area contributed by atoms with Crippen molar-refractivity contribution in [3.05, 3.63) is 29.9 Å². The summed E-state index contributed by atoms with van der Waals surface area (Å²) in [4.78, 5) is 18.3. The van der Waals surface area contributed by atoms with E-state index in [1.165, 1.54) is 0 Å². The number of allylic oxidation sites excluding steroid dienone is 1. The topological polar surface area (TPSA) is 59.4 Å². The molecule has 1 aliphatic rings. The highest BCUT2D eigenvalue weighted by molar-refractivity contribution is 5.87. The summed E-state index contributed by atoms with van der Waals surface area (Å²) in [6.45, 7) is 7.85. The molecule has 1 aromatic rings. The van der Waals surface area contributed by atoms with Crippen LogP contribution in [-0.2, 0) is 23.1 Å². The van der Waals surface area contributed by atoms with Crippen LogP contribution in [-0.4, -0.2) is 52.7 Å². The first-order valence-electron chi connectivity index (χ1n) is 7.77. The molecule has 1 saturated heterocycles. The second-order valence-corrected chi connectivity index (χ2v) is 5.98. The van der Waals surface area contributed by atoms with Crippen molar-refractivity contribution in [1.29, 1.82) is 0 Å². The Morgan fingerprint density at radius 1 is 1.55 bits per heavy atom. The molecule has 1 fully saturated rings. The molecule has 1 amide bonds. The fourth-order valence-electron chi connectivity index (χ4n) is 2.52. The summed E-state index contributed by atoms with van der Waals surface area (Å²) >= 11 is 0. The van der Waals surface area contributed by atoms with E-state index in [0.717, 1.165) is 44.1 Å². The Labute approximate surface area is 132 Å². The van der Waals surface area contributed by atoms with E-state index in [4.69, 9.17) is 4.74 Å². The third-order valence-electron chi connectivity index (χ3n) is 3.69. The van der Waals surface area contributed by atoms with Gasteiger partial charge in [-0.25, -0.2) is 4.98 Å². The van der Waals surface area contributed by atoms with E-state index < -0.39 is 0 Å². The largest absolute Gasteiger partial charge is 0.375 e. The Morgan fingerprint density at radius 2 is 2.36 bits per heavy atom. The third kappa shape index (κ3) is 5.27. The first-order chi connectivity index (χ1) is 10.5. The second-order valence-electron chi connectivity index (χ2n) is 5.98. The number of hydrogen-bond donors (Lipinski definition) is 1. The van der Waals surface area contributed by atoms with Crippen LogP contribution >= 0.6 is 0 Å². The number of aryl methyl sites for hydroxylation is 1. The maximum Gasteiger partial charge on any atom is 0.243 e. The highest BCUT2D eigenvalue weighted by Gasteiger charge is 2.21. The van der Waals surface area contributed by atoms with Crippen LogP contribution in [0.3, 0.4) is 0 Å². The van der Waals surface area contributed by atoms with Gasteiger partial charge in [-0.3, -0.25) is 9.69 Å². The van der Waals surface area contributed by atoms with Gasteiger partial charge in [-0.05, 0) is 20.3 Å². The predicted octanol–water partition coefficient (Wildman–Crippen LogP) is 1.09. The van der Waals surface area contributed by atoms with Gasteiger partial charge in [-0.2, -0.15) is 0 Å². The van der Waals surface area contributed by atoms with Gasteiger partial charge in [0.2, 0.25) is 5.91 Å². The van der Waals surface area contributed by atoms with Crippen molar-refractivity contribution in [2.24, 2.45) is 7.05 Å². The van der Waals surface area contributed by atoms with Crippen molar-refractivity contribution >= 4 is 5.91 Å². The van der Waals surface area contributed by atoms with Gasteiger partial charge in [0.1, 0.15) is 5.82 Å². The molecule has 1 atom stereocenters. The summed E-state index contributed by atoms with van der Waals surface area (Å²) in [5.41, 5.74) is 1.01. The lowest BCUT2D eigenvalue weighted by atomic mass is 10.2. The fourth-order valence-corrected chi connectivity index (χ4v) is 2.52. The van der Waals surface area contributed by atoms with Crippen molar-refractivity contribution in [2.75, 3.05) is 26.2 Å². The van der Waals surface area contributed by atoms with E-state index in [-0.39, 0.29) is 12.0 Å². The zero-order valence-corrected chi connectivity index (χ0v) is 13.7. The number of ether oxygens (including phenoxy) is 1. The molecular weight excluding hydrogens is 280 g/mol. The molecule has 0 bridgehead atoms. The zero-order chi connectivity index (χ0) is 15.9. The van der Waals surface area contributed by atoms with Crippen LogP contribution in [0.15, 0.2) is 24.0 Å². The van der Waals surface area contributed by atoms with Crippen LogP contribution < -0.4 is 5.32 Å². The minimum Gasteiger partial charge on any atom is -0.375 e. The molecule has 2 rings (SSSR count). The monoisotopic (exact) mass is 306 g/mol. The van der Waals surface area contributed by atoms with Crippen LogP contribution in [0.4, 0.5) is 0 Å². The molecule has 6 heteroatoms. The number of carbonyl (C=O) groups excluding carboxylic acids is 1. The number of nitrogens with one attached hydrogen (secondary N) is 1. The quantitative estimate of drug-likeness (QED) is 0.800. The normalized spacial score (nSPS) is 19.0. The summed E-state index contributed by atoms with van der Waals surface area (Å²) in [7, 11) is 2.01. The molecular formula is C16H26N4O2. The molecule has 0 saturated carbocycles. The van der Waals surface area contributed by atoms with Crippen molar-refractivity contribution in [1.82, 2.24) is 19.8 Å². The van der Waals surface area contributed by atoms with Crippen LogP contribution in [0.1, 0.15) is 26.1 Å². The summed E-state index contributed by atoms with van der Waals surface area (Å²) in [6, 6.07) is 0. The first kappa shape index (κ1) is 16.7. The van der Waals surface area contributed by atoms with Gasteiger partial charge < -0.3 is 14.6 Å². The SMILES string of the molecule is CC(C)=CC(=O)NCC[C@H]1CN(Cc2nccn2C)CCO1. The molecule has 1 aliphatic heterocycles. The molecule has 1 aromatic heterocycles. The van der Waals surface area contributed by atoms with Crippen LogP contribution in [0.25, 0.3) is 0 Å². The molecule has 1 N–H and O–H groups in total. The van der Waals surface area contributed by atoms with Crippen LogP contribution in [0.2, 0.25) is 0 Å². The van der Waals surface area contributed by atoms with Crippen molar-refractivity contribution in [3.8, 4) is 0 Å². The zero-order valence-electron chi connectivity index (χ0n) is 13.7. The first-order valence-corrected chi connectivity index (χ1v) is 7.77. The average Bonchev–Trinajstić information content (AvgIpc) is 2.84. The number of aromatic nitrogens is 2. The highest BCUT2D eigenvalue weighted by atomic mass is 16.5. The number of imidazole rings is 1. The molecule has 0 spiro atoms. The molecule has 122 valence electrons. The smallest absolute Gasteiger partial charge is 0.243 e. The molecule has 22 heavy (non-hydrogen) atoms. The standard InChI is InChI=1S/C16H26N4O2/c1-13(2)10-16(21)18-5-4-14-11-20(8-9-22-14)12-15-17-6-7-19(15)3/h6-7,10,14H,4-5,8-9,11-12H2,1-3H3,(H,18,21)/t14-/m0/s1. The van der Waals surface area contributed by atoms with Gasteiger partial charge in [0, 0.05) is 45.2 Å². The van der Waals surface area contributed by atoms with E-state index in [9.17, 15) is 4.79 Å². The number of morpholine rings is 1. The minimum absolute atomic E-state index is 0.0272. The van der Waals surface area contributed by atoms with E-state index in [1.54, 1.807) is 6.08 Å². The van der Waals surface area contributed by atoms with Gasteiger partial charge in [-0.15, -0.1) is 0 Å². The van der Waals surface area contributed by atoms with E-state index in [2.05, 4.69) is 15.2 Å². The average molecular weight is 306 g/mol. The van der Waals surface area contributed by atoms with Crippen molar-refractivity contribution in [3.63, 3.8) is 0 Å². The highest BCUT2D eigenvalue weighted by Crippen LogP contribution is 2.11. The predicted molar refractivity (Wildman–Crippen MR) is 85.3 cm³/mol. The molecule has 0 aliphatic carbocycles. The van der Waals surface area contributed by atoms with Crippen molar-refractivity contribution in [2.45, 2.75) is 32.9 Å². The minimum atomic E-state index is -0.0272. The van der Waals surface area contributed by atoms with Crippen LogP contribution in [0.5, 0.6) is 0 Å². The number of nitrogens with zero attached hydrogens (tertiary/aromatic N) is 3. The number of amides is 1. The maximum absolute atomic E-state index is 11.6. The number of carbonyl (C=O) groups is 1. The molecule has 6 nitrogen and oxygen atoms in total. The van der Waals surface area contributed by atoms with Crippen molar-refractivity contribution < 1.29 is 9.53 Å². The molecule has 0 unspecified atom stereocenters. The Balaban J connectivity index is 1.73. The Morgan fingerprint density at radius 3 is 3.05 bits per heavy atom. The van der Waals surface area contributed by atoms with Gasteiger partial charge >= 0.3 is 0 Å². The molecule has 2 heterocycles. The van der Waals surface area contributed by atoms with Gasteiger partial charge in [0.05, 0.1) is 19.3 Å². The lowest BCUT2D eigenvalue weighted by Gasteiger charge is -2.32. The van der Waals surface area contributed by atoms with Gasteiger partial charge in [-0.1, -0.05) is 5.57 Å². The van der Waals surface area contributed by atoms with Gasteiger partial charge in [0.15, 0.2) is 0 Å². The van der Waals surface area contributed by atoms with Crippen LogP contribution in [0, 0.1) is 0 Å². The molecule has 0 aromatic carbocycles. The van der Waals surface area contributed by atoms with E-state index >= 15 is 0 Å². The Kier molecular flexibility index (Phi) is 6.15. The fraction of sp³-hybridized carbons (Fsp3) is 0.625. The van der Waals surface area contributed by atoms with E-state index in [0.29, 0.717) is 6.54 Å². The lowest BCUT2D eigenvalue weighted by Crippen LogP contribution is -2.43. The third-order valence-corrected chi connectivity index (χ3v) is 3.69. The summed E-state index contributed by atoms with van der Waals surface area (Å²) < 4.78 is 7.83. The number of hydrogen-bond acceptors (Lipinski definition) is 4. The summed E-state index contributed by atoms with van der Waals surface area (Å²) in [5, 5.41) is 2.90. The summed E-state index contributed by atoms with van der Waals surface area (Å²) in [5.74, 6) is 1.04. The van der Waals surface area contributed by atoms with Gasteiger partial charge in [0.25, 0.3) is 0 Å². The Bertz CT molecular complexity index is 520. The maximum atomic E-state index is 11.6. The number of rotatable bonds is 6. The Hall–Kier alpha value is -1.66. The lowest BCUT2D eigenvalue weighted by molar-refractivity contribution is -0.116. The molecule has 0 radical (unpaired) electrons. The summed E-state index contributed by atoms with van der Waals surface area (Å²) in [6.07, 6.45) is 6.41. The second kappa shape index (κ2) is 8.10.